The Hall–Kier alpha value is -2.14. The molecule has 1 fully saturated rings. The number of carbonyl (C=O) groups excluding carboxylic acids is 2. The molecular weight excluding hydrogens is 368 g/mol. The molecule has 124 valence electrons. The zero-order valence-corrected chi connectivity index (χ0v) is 15.0. The lowest BCUT2D eigenvalue weighted by molar-refractivity contribution is 0.0729. The second-order valence-corrected chi connectivity index (χ2v) is 6.87. The third kappa shape index (κ3) is 3.85. The van der Waals surface area contributed by atoms with E-state index < -0.39 is 0 Å². The number of carbonyl (C=O) groups is 2. The molecule has 5 heteroatoms. The van der Waals surface area contributed by atoms with Gasteiger partial charge < -0.3 is 10.2 Å². The van der Waals surface area contributed by atoms with Crippen LogP contribution in [-0.4, -0.2) is 29.8 Å². The van der Waals surface area contributed by atoms with Crippen LogP contribution in [0, 0.1) is 0 Å². The quantitative estimate of drug-likeness (QED) is 0.852. The summed E-state index contributed by atoms with van der Waals surface area (Å²) in [4.78, 5) is 26.4. The molecule has 2 aromatic carbocycles. The van der Waals surface area contributed by atoms with Gasteiger partial charge in [-0.15, -0.1) is 0 Å². The van der Waals surface area contributed by atoms with Crippen molar-refractivity contribution in [1.82, 2.24) is 10.2 Å². The van der Waals surface area contributed by atoms with Gasteiger partial charge in [0, 0.05) is 35.2 Å². The average molecular weight is 387 g/mol. The van der Waals surface area contributed by atoms with Crippen LogP contribution in [0.25, 0.3) is 0 Å². The van der Waals surface area contributed by atoms with Gasteiger partial charge in [-0.3, -0.25) is 9.59 Å². The molecule has 1 aliphatic rings. The summed E-state index contributed by atoms with van der Waals surface area (Å²) >= 11 is 3.42. The van der Waals surface area contributed by atoms with Gasteiger partial charge in [0.1, 0.15) is 0 Å². The van der Waals surface area contributed by atoms with Crippen LogP contribution in [0.4, 0.5) is 0 Å². The van der Waals surface area contributed by atoms with E-state index in [1.165, 1.54) is 0 Å². The topological polar surface area (TPSA) is 49.4 Å². The van der Waals surface area contributed by atoms with Crippen molar-refractivity contribution in [3.05, 3.63) is 69.7 Å². The maximum absolute atomic E-state index is 12.8. The summed E-state index contributed by atoms with van der Waals surface area (Å²) in [5, 5.41) is 2.61. The van der Waals surface area contributed by atoms with Gasteiger partial charge in [-0.2, -0.15) is 0 Å². The zero-order chi connectivity index (χ0) is 17.1. The second kappa shape index (κ2) is 7.18. The summed E-state index contributed by atoms with van der Waals surface area (Å²) in [5.41, 5.74) is 2.34. The Bertz CT molecular complexity index is 754. The van der Waals surface area contributed by atoms with E-state index in [1.54, 1.807) is 19.2 Å². The molecule has 0 heterocycles. The van der Waals surface area contributed by atoms with E-state index in [-0.39, 0.29) is 11.8 Å². The molecule has 2 aromatic rings. The number of hydrogen-bond donors (Lipinski definition) is 1. The van der Waals surface area contributed by atoms with Crippen LogP contribution in [0.1, 0.15) is 39.1 Å². The number of benzene rings is 2. The smallest absolute Gasteiger partial charge is 0.254 e. The summed E-state index contributed by atoms with van der Waals surface area (Å²) in [6, 6.07) is 15.2. The first-order chi connectivity index (χ1) is 11.6. The summed E-state index contributed by atoms with van der Waals surface area (Å²) in [7, 11) is 1.61. The lowest BCUT2D eigenvalue weighted by atomic mass is 10.1. The number of halogens is 1. The Labute approximate surface area is 150 Å². The maximum atomic E-state index is 12.8. The average Bonchev–Trinajstić information content (AvgIpc) is 3.44. The Morgan fingerprint density at radius 3 is 2.42 bits per heavy atom. The highest BCUT2D eigenvalue weighted by Gasteiger charge is 2.33. The fraction of sp³-hybridized carbons (Fsp3) is 0.263. The molecule has 2 amide bonds. The molecule has 0 spiro atoms. The molecule has 4 nitrogen and oxygen atoms in total. The third-order valence-electron chi connectivity index (χ3n) is 4.12. The highest BCUT2D eigenvalue weighted by molar-refractivity contribution is 9.10. The molecule has 0 aliphatic heterocycles. The van der Waals surface area contributed by atoms with Gasteiger partial charge in [0.15, 0.2) is 0 Å². The molecule has 0 unspecified atom stereocenters. The minimum atomic E-state index is -0.106. The molecular formula is C19H19BrN2O2. The number of nitrogens with zero attached hydrogens (tertiary/aromatic N) is 1. The molecule has 3 rings (SSSR count). The normalized spacial score (nSPS) is 13.4. The number of rotatable bonds is 5. The van der Waals surface area contributed by atoms with Crippen LogP contribution < -0.4 is 5.32 Å². The lowest BCUT2D eigenvalue weighted by Crippen LogP contribution is -2.32. The SMILES string of the molecule is CNC(=O)c1ccc(CN(C(=O)c2cccc(Br)c2)C2CC2)cc1. The first kappa shape index (κ1) is 16.7. The van der Waals surface area contributed by atoms with E-state index in [9.17, 15) is 9.59 Å². The van der Waals surface area contributed by atoms with Gasteiger partial charge in [0.05, 0.1) is 0 Å². The summed E-state index contributed by atoms with van der Waals surface area (Å²) < 4.78 is 0.902. The van der Waals surface area contributed by atoms with Crippen LogP contribution >= 0.6 is 15.9 Å². The molecule has 1 saturated carbocycles. The fourth-order valence-corrected chi connectivity index (χ4v) is 3.04. The molecule has 1 N–H and O–H groups in total. The predicted molar refractivity (Wildman–Crippen MR) is 96.9 cm³/mol. The second-order valence-electron chi connectivity index (χ2n) is 5.95. The monoisotopic (exact) mass is 386 g/mol. The largest absolute Gasteiger partial charge is 0.355 e. The van der Waals surface area contributed by atoms with Crippen LogP contribution in [0.3, 0.4) is 0 Å². The van der Waals surface area contributed by atoms with Gasteiger partial charge in [-0.25, -0.2) is 0 Å². The van der Waals surface area contributed by atoms with Crippen LogP contribution in [0.2, 0.25) is 0 Å². The van der Waals surface area contributed by atoms with Crippen molar-refractivity contribution in [2.45, 2.75) is 25.4 Å². The lowest BCUT2D eigenvalue weighted by Gasteiger charge is -2.23. The van der Waals surface area contributed by atoms with E-state index in [2.05, 4.69) is 21.2 Å². The highest BCUT2D eigenvalue weighted by atomic mass is 79.9. The van der Waals surface area contributed by atoms with E-state index >= 15 is 0 Å². The van der Waals surface area contributed by atoms with Gasteiger partial charge in [0.25, 0.3) is 11.8 Å². The number of nitrogens with one attached hydrogen (secondary N) is 1. The van der Waals surface area contributed by atoms with Crippen LogP contribution in [0.5, 0.6) is 0 Å². The van der Waals surface area contributed by atoms with Crippen molar-refractivity contribution in [2.24, 2.45) is 0 Å². The van der Waals surface area contributed by atoms with Crippen LogP contribution in [-0.2, 0) is 6.54 Å². The standard InChI is InChI=1S/C19H19BrN2O2/c1-21-18(23)14-7-5-13(6-8-14)12-22(17-9-10-17)19(24)15-3-2-4-16(20)11-15/h2-8,11,17H,9-10,12H2,1H3,(H,21,23). The van der Waals surface area contributed by atoms with E-state index in [1.807, 2.05) is 41.3 Å². The minimum Gasteiger partial charge on any atom is -0.355 e. The first-order valence-corrected chi connectivity index (χ1v) is 8.75. The highest BCUT2D eigenvalue weighted by Crippen LogP contribution is 2.30. The van der Waals surface area contributed by atoms with E-state index in [0.29, 0.717) is 23.7 Å². The maximum Gasteiger partial charge on any atom is 0.254 e. The summed E-state index contributed by atoms with van der Waals surface area (Å²) in [6.07, 6.45) is 2.10. The molecule has 0 bridgehead atoms. The van der Waals surface area contributed by atoms with Crippen molar-refractivity contribution < 1.29 is 9.59 Å². The Kier molecular flexibility index (Phi) is 5.00. The van der Waals surface area contributed by atoms with Crippen molar-refractivity contribution >= 4 is 27.7 Å². The van der Waals surface area contributed by atoms with Crippen LogP contribution in [0.15, 0.2) is 53.0 Å². The Morgan fingerprint density at radius 1 is 1.12 bits per heavy atom. The molecule has 1 aliphatic carbocycles. The Balaban J connectivity index is 1.77. The Morgan fingerprint density at radius 2 is 1.83 bits per heavy atom. The van der Waals surface area contributed by atoms with Crippen molar-refractivity contribution in [3.63, 3.8) is 0 Å². The minimum absolute atomic E-state index is 0.0502. The van der Waals surface area contributed by atoms with Crippen molar-refractivity contribution in [2.75, 3.05) is 7.05 Å². The number of amides is 2. The van der Waals surface area contributed by atoms with E-state index in [4.69, 9.17) is 0 Å². The van der Waals surface area contributed by atoms with Gasteiger partial charge in [0.2, 0.25) is 0 Å². The molecule has 0 radical (unpaired) electrons. The fourth-order valence-electron chi connectivity index (χ4n) is 2.64. The molecule has 0 atom stereocenters. The molecule has 0 aromatic heterocycles. The third-order valence-corrected chi connectivity index (χ3v) is 4.61. The predicted octanol–water partition coefficient (Wildman–Crippen LogP) is 3.61. The number of hydrogen-bond acceptors (Lipinski definition) is 2. The van der Waals surface area contributed by atoms with Gasteiger partial charge in [-0.1, -0.05) is 34.1 Å². The molecule has 24 heavy (non-hydrogen) atoms. The van der Waals surface area contributed by atoms with Crippen molar-refractivity contribution in [3.8, 4) is 0 Å². The summed E-state index contributed by atoms with van der Waals surface area (Å²) in [6.45, 7) is 0.560. The van der Waals surface area contributed by atoms with Gasteiger partial charge >= 0.3 is 0 Å². The molecule has 0 saturated heterocycles. The summed E-state index contributed by atoms with van der Waals surface area (Å²) in [5.74, 6) is -0.0556. The zero-order valence-electron chi connectivity index (χ0n) is 13.5. The van der Waals surface area contributed by atoms with Crippen molar-refractivity contribution in [1.29, 1.82) is 0 Å². The first-order valence-electron chi connectivity index (χ1n) is 7.96. The van der Waals surface area contributed by atoms with E-state index in [0.717, 1.165) is 22.9 Å². The van der Waals surface area contributed by atoms with Gasteiger partial charge in [-0.05, 0) is 48.7 Å².